The zero-order chi connectivity index (χ0) is 10.7. The molecule has 0 amide bonds. The fourth-order valence-corrected chi connectivity index (χ4v) is 1.24. The van der Waals surface area contributed by atoms with Gasteiger partial charge in [-0.2, -0.15) is 0 Å². The summed E-state index contributed by atoms with van der Waals surface area (Å²) in [6.45, 7) is 6.54. The van der Waals surface area contributed by atoms with Gasteiger partial charge in [0.05, 0.1) is 0 Å². The first-order valence-corrected chi connectivity index (χ1v) is 4.94. The molecule has 0 bridgehead atoms. The van der Waals surface area contributed by atoms with Crippen LogP contribution in [0.2, 0.25) is 0 Å². The number of aryl methyl sites for hydroxylation is 1. The van der Waals surface area contributed by atoms with Crippen molar-refractivity contribution >= 4 is 0 Å². The zero-order valence-corrected chi connectivity index (χ0v) is 9.03. The Morgan fingerprint density at radius 1 is 1.50 bits per heavy atom. The van der Waals surface area contributed by atoms with Crippen LogP contribution >= 0.6 is 0 Å². The third kappa shape index (κ3) is 2.45. The quantitative estimate of drug-likeness (QED) is 0.784. The Labute approximate surface area is 84.6 Å². The summed E-state index contributed by atoms with van der Waals surface area (Å²) in [5.41, 5.74) is 6.73. The molecule has 0 aliphatic heterocycles. The van der Waals surface area contributed by atoms with Gasteiger partial charge in [-0.1, -0.05) is 19.9 Å². The van der Waals surface area contributed by atoms with Crippen LogP contribution in [-0.4, -0.2) is 10.6 Å². The van der Waals surface area contributed by atoms with Crippen LogP contribution in [0.1, 0.15) is 19.4 Å². The number of nitrogens with zero attached hydrogens (tertiary/aromatic N) is 1. The molecule has 1 heterocycles. The number of pyridine rings is 1. The van der Waals surface area contributed by atoms with Crippen LogP contribution in [-0.2, 0) is 6.54 Å². The second-order valence-electron chi connectivity index (χ2n) is 4.06. The maximum Gasteiger partial charge on any atom is 0.253 e. The van der Waals surface area contributed by atoms with Crippen LogP contribution in [0.4, 0.5) is 0 Å². The van der Waals surface area contributed by atoms with Gasteiger partial charge < -0.3 is 10.3 Å². The van der Waals surface area contributed by atoms with Gasteiger partial charge in [-0.05, 0) is 18.9 Å². The minimum atomic E-state index is 0.0366. The largest absolute Gasteiger partial charge is 0.326 e. The highest BCUT2D eigenvalue weighted by Gasteiger charge is 2.09. The summed E-state index contributed by atoms with van der Waals surface area (Å²) < 4.78 is 1.68. The summed E-state index contributed by atoms with van der Waals surface area (Å²) in [5.74, 6) is 0.391. The van der Waals surface area contributed by atoms with Crippen LogP contribution in [0.5, 0.6) is 0 Å². The van der Waals surface area contributed by atoms with E-state index in [1.54, 1.807) is 10.8 Å². The minimum absolute atomic E-state index is 0.0366. The van der Waals surface area contributed by atoms with Gasteiger partial charge in [-0.15, -0.1) is 0 Å². The SMILES string of the molecule is Cc1cccn(CC(N)C(C)C)c1=O. The predicted molar refractivity (Wildman–Crippen MR) is 58.3 cm³/mol. The molecular formula is C11H18N2O. The van der Waals surface area contributed by atoms with Gasteiger partial charge in [0.2, 0.25) is 0 Å². The average molecular weight is 194 g/mol. The van der Waals surface area contributed by atoms with E-state index in [-0.39, 0.29) is 11.6 Å². The molecule has 3 heteroatoms. The molecule has 3 nitrogen and oxygen atoms in total. The van der Waals surface area contributed by atoms with Gasteiger partial charge >= 0.3 is 0 Å². The Balaban J connectivity index is 2.87. The van der Waals surface area contributed by atoms with Crippen molar-refractivity contribution in [3.8, 4) is 0 Å². The monoisotopic (exact) mass is 194 g/mol. The smallest absolute Gasteiger partial charge is 0.253 e. The van der Waals surface area contributed by atoms with E-state index < -0.39 is 0 Å². The van der Waals surface area contributed by atoms with E-state index in [1.165, 1.54) is 0 Å². The van der Waals surface area contributed by atoms with E-state index >= 15 is 0 Å². The molecule has 0 aliphatic carbocycles. The lowest BCUT2D eigenvalue weighted by atomic mass is 10.1. The lowest BCUT2D eigenvalue weighted by molar-refractivity contribution is 0.427. The molecule has 78 valence electrons. The normalized spacial score (nSPS) is 13.2. The van der Waals surface area contributed by atoms with Crippen molar-refractivity contribution in [1.82, 2.24) is 4.57 Å². The van der Waals surface area contributed by atoms with Gasteiger partial charge in [-0.3, -0.25) is 4.79 Å². The van der Waals surface area contributed by atoms with Crippen molar-refractivity contribution < 1.29 is 0 Å². The van der Waals surface area contributed by atoms with Crippen molar-refractivity contribution in [1.29, 1.82) is 0 Å². The Kier molecular flexibility index (Phi) is 3.47. The van der Waals surface area contributed by atoms with Gasteiger partial charge in [0, 0.05) is 24.3 Å². The molecular weight excluding hydrogens is 176 g/mol. The third-order valence-corrected chi connectivity index (χ3v) is 2.47. The summed E-state index contributed by atoms with van der Waals surface area (Å²) in [5, 5.41) is 0. The molecule has 1 rings (SSSR count). The first-order valence-electron chi connectivity index (χ1n) is 4.94. The average Bonchev–Trinajstić information content (AvgIpc) is 2.12. The van der Waals surface area contributed by atoms with Crippen LogP contribution in [0.3, 0.4) is 0 Å². The fourth-order valence-electron chi connectivity index (χ4n) is 1.24. The molecule has 0 fully saturated rings. The van der Waals surface area contributed by atoms with Gasteiger partial charge in [0.1, 0.15) is 0 Å². The summed E-state index contributed by atoms with van der Waals surface area (Å²) >= 11 is 0. The van der Waals surface area contributed by atoms with Crippen molar-refractivity contribution in [3.63, 3.8) is 0 Å². The molecule has 0 radical (unpaired) electrons. The van der Waals surface area contributed by atoms with E-state index in [0.29, 0.717) is 12.5 Å². The van der Waals surface area contributed by atoms with Gasteiger partial charge in [0.15, 0.2) is 0 Å². The van der Waals surface area contributed by atoms with E-state index in [4.69, 9.17) is 5.73 Å². The molecule has 0 aliphatic rings. The second-order valence-corrected chi connectivity index (χ2v) is 4.06. The molecule has 1 unspecified atom stereocenters. The van der Waals surface area contributed by atoms with E-state index in [9.17, 15) is 4.79 Å². The Morgan fingerprint density at radius 3 is 2.71 bits per heavy atom. The van der Waals surface area contributed by atoms with Crippen molar-refractivity contribution in [2.45, 2.75) is 33.4 Å². The fraction of sp³-hybridized carbons (Fsp3) is 0.545. The number of aromatic nitrogens is 1. The molecule has 0 spiro atoms. The number of rotatable bonds is 3. The predicted octanol–water partition coefficient (Wildman–Crippen LogP) is 1.14. The van der Waals surface area contributed by atoms with E-state index in [2.05, 4.69) is 13.8 Å². The van der Waals surface area contributed by atoms with Crippen LogP contribution in [0.25, 0.3) is 0 Å². The summed E-state index contributed by atoms with van der Waals surface area (Å²) in [6, 6.07) is 3.73. The van der Waals surface area contributed by atoms with E-state index in [1.807, 2.05) is 19.1 Å². The Bertz CT molecular complexity index is 355. The van der Waals surface area contributed by atoms with Crippen LogP contribution in [0.15, 0.2) is 23.1 Å². The van der Waals surface area contributed by atoms with Crippen molar-refractivity contribution in [2.24, 2.45) is 11.7 Å². The zero-order valence-electron chi connectivity index (χ0n) is 9.03. The molecule has 1 aromatic rings. The third-order valence-electron chi connectivity index (χ3n) is 2.47. The highest BCUT2D eigenvalue weighted by Crippen LogP contribution is 2.00. The first kappa shape index (κ1) is 11.0. The second kappa shape index (κ2) is 4.42. The molecule has 0 aromatic carbocycles. The highest BCUT2D eigenvalue weighted by molar-refractivity contribution is 5.07. The van der Waals surface area contributed by atoms with Crippen molar-refractivity contribution in [3.05, 3.63) is 34.2 Å². The minimum Gasteiger partial charge on any atom is -0.326 e. The van der Waals surface area contributed by atoms with Gasteiger partial charge in [0.25, 0.3) is 5.56 Å². The summed E-state index contributed by atoms with van der Waals surface area (Å²) in [7, 11) is 0. The summed E-state index contributed by atoms with van der Waals surface area (Å²) in [6.07, 6.45) is 1.79. The van der Waals surface area contributed by atoms with E-state index in [0.717, 1.165) is 5.56 Å². The topological polar surface area (TPSA) is 48.0 Å². The first-order chi connectivity index (χ1) is 6.52. The van der Waals surface area contributed by atoms with Crippen molar-refractivity contribution in [2.75, 3.05) is 0 Å². The summed E-state index contributed by atoms with van der Waals surface area (Å²) in [4.78, 5) is 11.6. The molecule has 1 atom stereocenters. The Hall–Kier alpha value is -1.09. The molecule has 14 heavy (non-hydrogen) atoms. The molecule has 2 N–H and O–H groups in total. The maximum atomic E-state index is 11.6. The number of hydrogen-bond donors (Lipinski definition) is 1. The molecule has 0 saturated heterocycles. The standard InChI is InChI=1S/C11H18N2O/c1-8(2)10(12)7-13-6-4-5-9(3)11(13)14/h4-6,8,10H,7,12H2,1-3H3. The number of nitrogens with two attached hydrogens (primary N) is 1. The number of hydrogen-bond acceptors (Lipinski definition) is 2. The highest BCUT2D eigenvalue weighted by atomic mass is 16.1. The Morgan fingerprint density at radius 2 is 2.14 bits per heavy atom. The van der Waals surface area contributed by atoms with Crippen LogP contribution < -0.4 is 11.3 Å². The molecule has 1 aromatic heterocycles. The maximum absolute atomic E-state index is 11.6. The van der Waals surface area contributed by atoms with Crippen LogP contribution in [0, 0.1) is 12.8 Å². The van der Waals surface area contributed by atoms with Gasteiger partial charge in [-0.25, -0.2) is 0 Å². The lowest BCUT2D eigenvalue weighted by Gasteiger charge is -2.17. The lowest BCUT2D eigenvalue weighted by Crippen LogP contribution is -2.35. The molecule has 0 saturated carbocycles.